The molecular weight excluding hydrogens is 451 g/mol. The number of hydrogen-bond donors (Lipinski definition) is 2. The molecule has 0 unspecified atom stereocenters. The van der Waals surface area contributed by atoms with E-state index in [4.69, 9.17) is 4.42 Å². The van der Waals surface area contributed by atoms with E-state index in [2.05, 4.69) is 45.7 Å². The van der Waals surface area contributed by atoms with Crippen molar-refractivity contribution < 1.29 is 4.42 Å². The molecule has 0 amide bonds. The number of nitrogens with one attached hydrogen (secondary N) is 2. The van der Waals surface area contributed by atoms with Crippen LogP contribution >= 0.6 is 24.0 Å². The molecule has 3 rings (SSSR count). The summed E-state index contributed by atoms with van der Waals surface area (Å²) in [5, 5.41) is 6.67. The van der Waals surface area contributed by atoms with Gasteiger partial charge in [-0.2, -0.15) is 0 Å². The number of nitrogens with zero attached hydrogens (tertiary/aromatic N) is 2. The van der Waals surface area contributed by atoms with Crippen LogP contribution in [-0.2, 0) is 6.54 Å². The van der Waals surface area contributed by atoms with E-state index < -0.39 is 0 Å². The molecular formula is C21H29IN4O. The van der Waals surface area contributed by atoms with Crippen LogP contribution in [-0.4, -0.2) is 24.5 Å². The molecule has 0 atom stereocenters. The van der Waals surface area contributed by atoms with Gasteiger partial charge >= 0.3 is 0 Å². The van der Waals surface area contributed by atoms with E-state index in [1.54, 1.807) is 18.9 Å². The van der Waals surface area contributed by atoms with Gasteiger partial charge in [0.15, 0.2) is 5.96 Å². The van der Waals surface area contributed by atoms with E-state index in [0.29, 0.717) is 12.4 Å². The summed E-state index contributed by atoms with van der Waals surface area (Å²) >= 11 is 0. The Morgan fingerprint density at radius 2 is 2.00 bits per heavy atom. The number of oxazole rings is 1. The minimum absolute atomic E-state index is 0. The maximum atomic E-state index is 5.60. The first-order valence-electron chi connectivity index (χ1n) is 9.38. The number of guanidine groups is 1. The summed E-state index contributed by atoms with van der Waals surface area (Å²) in [6.45, 7) is 3.55. The van der Waals surface area contributed by atoms with Crippen LogP contribution in [0, 0.1) is 6.92 Å². The van der Waals surface area contributed by atoms with Crippen molar-refractivity contribution in [1.82, 2.24) is 15.6 Å². The monoisotopic (exact) mass is 480 g/mol. The molecule has 0 saturated carbocycles. The third-order valence-corrected chi connectivity index (χ3v) is 4.63. The van der Waals surface area contributed by atoms with Gasteiger partial charge in [0.05, 0.1) is 12.2 Å². The molecule has 146 valence electrons. The van der Waals surface area contributed by atoms with E-state index in [9.17, 15) is 0 Å². The van der Waals surface area contributed by atoms with Crippen molar-refractivity contribution >= 4 is 29.9 Å². The number of benzene rings is 1. The zero-order valence-corrected chi connectivity index (χ0v) is 18.5. The van der Waals surface area contributed by atoms with Gasteiger partial charge in [-0.15, -0.1) is 24.0 Å². The Hall–Kier alpha value is -1.83. The van der Waals surface area contributed by atoms with Crippen molar-refractivity contribution in [3.05, 3.63) is 53.4 Å². The standard InChI is InChI=1S/C21H28N4O.HI/c1-16-8-10-18(11-9-16)20-25-19(15-26-20)14-24-21(22-2)23-13-12-17-6-4-3-5-7-17;/h6,8-11,15H,3-5,7,12-14H2,1-2H3,(H2,22,23,24);1H. The molecule has 0 radical (unpaired) electrons. The lowest BCUT2D eigenvalue weighted by atomic mass is 9.97. The number of allylic oxidation sites excluding steroid dienone is 1. The van der Waals surface area contributed by atoms with Gasteiger partial charge in [0.1, 0.15) is 6.26 Å². The van der Waals surface area contributed by atoms with Gasteiger partial charge < -0.3 is 15.1 Å². The fourth-order valence-electron chi connectivity index (χ4n) is 3.08. The van der Waals surface area contributed by atoms with Crippen LogP contribution in [0.5, 0.6) is 0 Å². The predicted molar refractivity (Wildman–Crippen MR) is 121 cm³/mol. The molecule has 6 heteroatoms. The first-order valence-corrected chi connectivity index (χ1v) is 9.38. The summed E-state index contributed by atoms with van der Waals surface area (Å²) in [5.74, 6) is 1.44. The van der Waals surface area contributed by atoms with E-state index in [1.807, 2.05) is 12.1 Å². The number of rotatable bonds is 6. The smallest absolute Gasteiger partial charge is 0.226 e. The third kappa shape index (κ3) is 6.68. The van der Waals surface area contributed by atoms with Crippen molar-refractivity contribution in [3.8, 4) is 11.5 Å². The summed E-state index contributed by atoms with van der Waals surface area (Å²) in [4.78, 5) is 8.83. The zero-order chi connectivity index (χ0) is 18.2. The van der Waals surface area contributed by atoms with Crippen LogP contribution in [0.4, 0.5) is 0 Å². The van der Waals surface area contributed by atoms with Gasteiger partial charge in [0.25, 0.3) is 0 Å². The summed E-state index contributed by atoms with van der Waals surface area (Å²) in [6, 6.07) is 8.17. The first-order chi connectivity index (χ1) is 12.7. The molecule has 5 nitrogen and oxygen atoms in total. The van der Waals surface area contributed by atoms with E-state index in [1.165, 1.54) is 31.2 Å². The molecule has 2 N–H and O–H groups in total. The van der Waals surface area contributed by atoms with Crippen molar-refractivity contribution in [2.24, 2.45) is 4.99 Å². The number of halogens is 1. The Kier molecular flexibility index (Phi) is 8.84. The number of aromatic nitrogens is 1. The molecule has 1 heterocycles. The summed E-state index contributed by atoms with van der Waals surface area (Å²) in [6.07, 6.45) is 10.3. The SMILES string of the molecule is CN=C(NCCC1=CCCCC1)NCc1coc(-c2ccc(C)cc2)n1.I. The third-order valence-electron chi connectivity index (χ3n) is 4.63. The highest BCUT2D eigenvalue weighted by Gasteiger charge is 2.08. The van der Waals surface area contributed by atoms with Crippen molar-refractivity contribution in [1.29, 1.82) is 0 Å². The van der Waals surface area contributed by atoms with Crippen LogP contribution in [0.2, 0.25) is 0 Å². The largest absolute Gasteiger partial charge is 0.444 e. The van der Waals surface area contributed by atoms with Crippen LogP contribution < -0.4 is 10.6 Å². The second-order valence-electron chi connectivity index (χ2n) is 6.72. The maximum Gasteiger partial charge on any atom is 0.226 e. The molecule has 0 fully saturated rings. The normalized spacial score (nSPS) is 14.3. The molecule has 0 bridgehead atoms. The average Bonchev–Trinajstić information content (AvgIpc) is 3.15. The molecule has 1 aromatic heterocycles. The second-order valence-corrected chi connectivity index (χ2v) is 6.72. The van der Waals surface area contributed by atoms with Gasteiger partial charge in [0.2, 0.25) is 5.89 Å². The lowest BCUT2D eigenvalue weighted by molar-refractivity contribution is 0.572. The van der Waals surface area contributed by atoms with Gasteiger partial charge in [-0.25, -0.2) is 4.98 Å². The average molecular weight is 480 g/mol. The van der Waals surface area contributed by atoms with Crippen LogP contribution in [0.1, 0.15) is 43.4 Å². The molecule has 0 aliphatic heterocycles. The molecule has 1 aromatic carbocycles. The molecule has 27 heavy (non-hydrogen) atoms. The number of aliphatic imine (C=N–C) groups is 1. The fourth-order valence-corrected chi connectivity index (χ4v) is 3.08. The molecule has 2 aromatic rings. The van der Waals surface area contributed by atoms with Crippen LogP contribution in [0.15, 0.2) is 51.6 Å². The van der Waals surface area contributed by atoms with E-state index in [0.717, 1.165) is 30.2 Å². The lowest BCUT2D eigenvalue weighted by Gasteiger charge is -2.14. The van der Waals surface area contributed by atoms with Crippen LogP contribution in [0.3, 0.4) is 0 Å². The Bertz CT molecular complexity index is 765. The summed E-state index contributed by atoms with van der Waals surface area (Å²) in [5.41, 5.74) is 4.64. The highest BCUT2D eigenvalue weighted by Crippen LogP contribution is 2.20. The maximum absolute atomic E-state index is 5.60. The first kappa shape index (κ1) is 21.5. The molecule has 0 saturated heterocycles. The minimum Gasteiger partial charge on any atom is -0.444 e. The summed E-state index contributed by atoms with van der Waals surface area (Å²) in [7, 11) is 1.79. The van der Waals surface area contributed by atoms with Crippen molar-refractivity contribution in [2.45, 2.75) is 45.6 Å². The number of aryl methyl sites for hydroxylation is 1. The van der Waals surface area contributed by atoms with Crippen LogP contribution in [0.25, 0.3) is 11.5 Å². The van der Waals surface area contributed by atoms with E-state index in [-0.39, 0.29) is 24.0 Å². The van der Waals surface area contributed by atoms with Crippen molar-refractivity contribution in [3.63, 3.8) is 0 Å². The van der Waals surface area contributed by atoms with Gasteiger partial charge in [-0.05, 0) is 51.2 Å². The van der Waals surface area contributed by atoms with Gasteiger partial charge in [-0.3, -0.25) is 4.99 Å². The zero-order valence-electron chi connectivity index (χ0n) is 16.1. The Morgan fingerprint density at radius 1 is 1.19 bits per heavy atom. The quantitative estimate of drug-likeness (QED) is 0.269. The molecule has 0 spiro atoms. The highest BCUT2D eigenvalue weighted by atomic mass is 127. The van der Waals surface area contributed by atoms with Crippen molar-refractivity contribution in [2.75, 3.05) is 13.6 Å². The Balaban J connectivity index is 0.00000261. The topological polar surface area (TPSA) is 62.5 Å². The van der Waals surface area contributed by atoms with Gasteiger partial charge in [0, 0.05) is 19.2 Å². The summed E-state index contributed by atoms with van der Waals surface area (Å²) < 4.78 is 5.60. The molecule has 1 aliphatic rings. The molecule has 1 aliphatic carbocycles. The van der Waals surface area contributed by atoms with Gasteiger partial charge in [-0.1, -0.05) is 29.3 Å². The Morgan fingerprint density at radius 3 is 2.70 bits per heavy atom. The second kappa shape index (κ2) is 11.1. The fraction of sp³-hybridized carbons (Fsp3) is 0.429. The number of hydrogen-bond acceptors (Lipinski definition) is 3. The minimum atomic E-state index is 0. The predicted octanol–water partition coefficient (Wildman–Crippen LogP) is 4.82. The van der Waals surface area contributed by atoms with E-state index >= 15 is 0 Å². The lowest BCUT2D eigenvalue weighted by Crippen LogP contribution is -2.37. The highest BCUT2D eigenvalue weighted by molar-refractivity contribution is 14.0. The Labute approximate surface area is 178 Å².